The van der Waals surface area contributed by atoms with Gasteiger partial charge in [-0.1, -0.05) is 20.8 Å². The van der Waals surface area contributed by atoms with Crippen molar-refractivity contribution in [3.63, 3.8) is 0 Å². The van der Waals surface area contributed by atoms with Crippen molar-refractivity contribution >= 4 is 10.0 Å². The molecule has 0 heterocycles. The molecule has 0 amide bonds. The standard InChI is InChI=1S/C7H17NO3S/c1-4-8-12(10,11)6-7(2,3)5-9/h8-9H,4-6H2,1-3H3. The highest BCUT2D eigenvalue weighted by atomic mass is 32.2. The van der Waals surface area contributed by atoms with Crippen LogP contribution in [0.3, 0.4) is 0 Å². The minimum Gasteiger partial charge on any atom is -0.396 e. The largest absolute Gasteiger partial charge is 0.396 e. The van der Waals surface area contributed by atoms with Gasteiger partial charge in [-0.15, -0.1) is 0 Å². The van der Waals surface area contributed by atoms with Gasteiger partial charge in [0, 0.05) is 18.6 Å². The Morgan fingerprint density at radius 2 is 1.92 bits per heavy atom. The molecule has 0 fully saturated rings. The van der Waals surface area contributed by atoms with Gasteiger partial charge in [0.2, 0.25) is 10.0 Å². The first-order chi connectivity index (χ1) is 5.33. The molecule has 0 aliphatic carbocycles. The fraction of sp³-hybridized carbons (Fsp3) is 1.00. The average Bonchev–Trinajstić information content (AvgIpc) is 1.85. The molecule has 0 saturated heterocycles. The highest BCUT2D eigenvalue weighted by Crippen LogP contribution is 2.15. The Morgan fingerprint density at radius 1 is 1.42 bits per heavy atom. The summed E-state index contributed by atoms with van der Waals surface area (Å²) in [5, 5.41) is 8.83. The first-order valence-electron chi connectivity index (χ1n) is 3.91. The Kier molecular flexibility index (Phi) is 4.16. The molecule has 0 rings (SSSR count). The molecule has 4 nitrogen and oxygen atoms in total. The summed E-state index contributed by atoms with van der Waals surface area (Å²) in [4.78, 5) is 0. The number of aliphatic hydroxyl groups is 1. The molecule has 0 unspecified atom stereocenters. The van der Waals surface area contributed by atoms with Crippen LogP contribution in [0.4, 0.5) is 0 Å². The second-order valence-electron chi connectivity index (χ2n) is 3.58. The van der Waals surface area contributed by atoms with Gasteiger partial charge in [-0.3, -0.25) is 0 Å². The van der Waals surface area contributed by atoms with Crippen LogP contribution in [0.25, 0.3) is 0 Å². The van der Waals surface area contributed by atoms with Gasteiger partial charge in [-0.05, 0) is 0 Å². The van der Waals surface area contributed by atoms with E-state index in [1.165, 1.54) is 0 Å². The Bertz CT molecular complexity index is 221. The minimum absolute atomic E-state index is 0.0374. The monoisotopic (exact) mass is 195 g/mol. The second kappa shape index (κ2) is 4.20. The van der Waals surface area contributed by atoms with Crippen molar-refractivity contribution in [3.05, 3.63) is 0 Å². The van der Waals surface area contributed by atoms with Gasteiger partial charge < -0.3 is 5.11 Å². The maximum absolute atomic E-state index is 11.2. The Hall–Kier alpha value is -0.130. The first kappa shape index (κ1) is 11.9. The SMILES string of the molecule is CCNS(=O)(=O)CC(C)(C)CO. The molecule has 0 aliphatic rings. The lowest BCUT2D eigenvalue weighted by molar-refractivity contribution is 0.178. The first-order valence-corrected chi connectivity index (χ1v) is 5.56. The predicted octanol–water partition coefficient (Wildman–Crippen LogP) is -0.0558. The Balaban J connectivity index is 4.25. The van der Waals surface area contributed by atoms with Gasteiger partial charge in [0.1, 0.15) is 0 Å². The van der Waals surface area contributed by atoms with Crippen LogP contribution in [0.15, 0.2) is 0 Å². The van der Waals surface area contributed by atoms with Crippen LogP contribution < -0.4 is 4.72 Å². The summed E-state index contributed by atoms with van der Waals surface area (Å²) in [6, 6.07) is 0. The second-order valence-corrected chi connectivity index (χ2v) is 5.39. The highest BCUT2D eigenvalue weighted by Gasteiger charge is 2.24. The molecule has 0 bridgehead atoms. The third kappa shape index (κ3) is 4.69. The van der Waals surface area contributed by atoms with Gasteiger partial charge in [-0.2, -0.15) is 0 Å². The van der Waals surface area contributed by atoms with Gasteiger partial charge in [0.15, 0.2) is 0 Å². The molecule has 0 aliphatic heterocycles. The molecule has 0 spiro atoms. The van der Waals surface area contributed by atoms with Crippen LogP contribution in [0, 0.1) is 5.41 Å². The highest BCUT2D eigenvalue weighted by molar-refractivity contribution is 7.89. The van der Waals surface area contributed by atoms with E-state index in [4.69, 9.17) is 5.11 Å². The van der Waals surface area contributed by atoms with Crippen LogP contribution in [-0.4, -0.2) is 32.4 Å². The normalized spacial score (nSPS) is 13.3. The number of hydrogen-bond acceptors (Lipinski definition) is 3. The topological polar surface area (TPSA) is 66.4 Å². The molecule has 0 radical (unpaired) electrons. The van der Waals surface area contributed by atoms with E-state index >= 15 is 0 Å². The molecule has 5 heteroatoms. The Morgan fingerprint density at radius 3 is 2.25 bits per heavy atom. The van der Waals surface area contributed by atoms with Gasteiger partial charge in [0.05, 0.1) is 5.75 Å². The molecular formula is C7H17NO3S. The number of aliphatic hydroxyl groups excluding tert-OH is 1. The predicted molar refractivity (Wildman–Crippen MR) is 48.3 cm³/mol. The van der Waals surface area contributed by atoms with Crippen molar-refractivity contribution in [1.82, 2.24) is 4.72 Å². The van der Waals surface area contributed by atoms with Crippen LogP contribution in [0.5, 0.6) is 0 Å². The van der Waals surface area contributed by atoms with E-state index in [2.05, 4.69) is 4.72 Å². The third-order valence-electron chi connectivity index (χ3n) is 1.37. The molecule has 0 aromatic heterocycles. The van der Waals surface area contributed by atoms with Crippen LogP contribution in [0.1, 0.15) is 20.8 Å². The quantitative estimate of drug-likeness (QED) is 0.646. The van der Waals surface area contributed by atoms with Gasteiger partial charge in [-0.25, -0.2) is 13.1 Å². The van der Waals surface area contributed by atoms with Crippen molar-refractivity contribution in [2.45, 2.75) is 20.8 Å². The molecule has 74 valence electrons. The van der Waals surface area contributed by atoms with E-state index in [0.29, 0.717) is 6.54 Å². The zero-order valence-electron chi connectivity index (χ0n) is 7.79. The molecular weight excluding hydrogens is 178 g/mol. The van der Waals surface area contributed by atoms with Crippen molar-refractivity contribution in [3.8, 4) is 0 Å². The fourth-order valence-electron chi connectivity index (χ4n) is 0.831. The third-order valence-corrected chi connectivity index (χ3v) is 3.26. The van der Waals surface area contributed by atoms with E-state index in [9.17, 15) is 8.42 Å². The van der Waals surface area contributed by atoms with E-state index in [0.717, 1.165) is 0 Å². The van der Waals surface area contributed by atoms with Crippen LogP contribution >= 0.6 is 0 Å². The van der Waals surface area contributed by atoms with Crippen LogP contribution in [-0.2, 0) is 10.0 Å². The maximum atomic E-state index is 11.2. The fourth-order valence-corrected chi connectivity index (χ4v) is 2.49. The number of hydrogen-bond donors (Lipinski definition) is 2. The smallest absolute Gasteiger partial charge is 0.212 e. The summed E-state index contributed by atoms with van der Waals surface area (Å²) in [6.45, 7) is 5.41. The van der Waals surface area contributed by atoms with Gasteiger partial charge in [0.25, 0.3) is 0 Å². The van der Waals surface area contributed by atoms with E-state index < -0.39 is 15.4 Å². The molecule has 0 saturated carbocycles. The lowest BCUT2D eigenvalue weighted by atomic mass is 9.98. The summed E-state index contributed by atoms with van der Waals surface area (Å²) in [5.41, 5.74) is -0.568. The molecule has 0 atom stereocenters. The lowest BCUT2D eigenvalue weighted by Gasteiger charge is -2.20. The van der Waals surface area contributed by atoms with Crippen molar-refractivity contribution in [2.24, 2.45) is 5.41 Å². The van der Waals surface area contributed by atoms with Crippen molar-refractivity contribution in [2.75, 3.05) is 18.9 Å². The van der Waals surface area contributed by atoms with Crippen molar-refractivity contribution < 1.29 is 13.5 Å². The summed E-state index contributed by atoms with van der Waals surface area (Å²) in [6.07, 6.45) is 0. The molecule has 0 aromatic rings. The van der Waals surface area contributed by atoms with Crippen LogP contribution in [0.2, 0.25) is 0 Å². The molecule has 2 N–H and O–H groups in total. The van der Waals surface area contributed by atoms with E-state index in [-0.39, 0.29) is 12.4 Å². The summed E-state index contributed by atoms with van der Waals surface area (Å²) in [5.74, 6) is -0.0374. The molecule has 0 aromatic carbocycles. The zero-order valence-corrected chi connectivity index (χ0v) is 8.61. The number of sulfonamides is 1. The number of nitrogens with one attached hydrogen (secondary N) is 1. The van der Waals surface area contributed by atoms with Crippen molar-refractivity contribution in [1.29, 1.82) is 0 Å². The van der Waals surface area contributed by atoms with E-state index in [1.807, 2.05) is 0 Å². The summed E-state index contributed by atoms with van der Waals surface area (Å²) < 4.78 is 24.7. The average molecular weight is 195 g/mol. The number of rotatable bonds is 5. The lowest BCUT2D eigenvalue weighted by Crippen LogP contribution is -2.35. The Labute approximate surface area is 74.0 Å². The summed E-state index contributed by atoms with van der Waals surface area (Å²) >= 11 is 0. The minimum atomic E-state index is -3.21. The maximum Gasteiger partial charge on any atom is 0.212 e. The van der Waals surface area contributed by atoms with E-state index in [1.54, 1.807) is 20.8 Å². The zero-order chi connectivity index (χ0) is 9.83. The van der Waals surface area contributed by atoms with Gasteiger partial charge >= 0.3 is 0 Å². The molecule has 12 heavy (non-hydrogen) atoms. The summed E-state index contributed by atoms with van der Waals surface area (Å²) in [7, 11) is -3.21.